The SMILES string of the molecule is N#CC(C#N)=C(Nc1ccccc1NC(=S)Nc1ccc(-c2ccccc2)nn1)c1cccnc1. The van der Waals surface area contributed by atoms with Crippen LogP contribution in [0.2, 0.25) is 0 Å². The Kier molecular flexibility index (Phi) is 7.34. The molecule has 9 heteroatoms. The fourth-order valence-electron chi connectivity index (χ4n) is 3.19. The Labute approximate surface area is 207 Å². The van der Waals surface area contributed by atoms with Gasteiger partial charge >= 0.3 is 0 Å². The molecule has 0 saturated heterocycles. The van der Waals surface area contributed by atoms with E-state index in [-0.39, 0.29) is 5.57 Å². The average molecular weight is 475 g/mol. The number of thiocarbonyl (C=S) groups is 1. The van der Waals surface area contributed by atoms with Crippen LogP contribution in [0.25, 0.3) is 17.0 Å². The smallest absolute Gasteiger partial charge is 0.176 e. The maximum Gasteiger partial charge on any atom is 0.176 e. The van der Waals surface area contributed by atoms with Crippen molar-refractivity contribution in [2.24, 2.45) is 0 Å². The number of allylic oxidation sites excluding steroid dienone is 1. The molecule has 0 aliphatic carbocycles. The van der Waals surface area contributed by atoms with Crippen molar-refractivity contribution in [1.29, 1.82) is 10.5 Å². The Morgan fingerprint density at radius 3 is 2.09 bits per heavy atom. The van der Waals surface area contributed by atoms with E-state index in [9.17, 15) is 10.5 Å². The number of nitriles is 2. The molecule has 0 amide bonds. The third-order valence-corrected chi connectivity index (χ3v) is 5.04. The molecule has 0 aliphatic heterocycles. The molecular weight excluding hydrogens is 456 g/mol. The first-order valence-corrected chi connectivity index (χ1v) is 10.9. The van der Waals surface area contributed by atoms with Crippen molar-refractivity contribution in [3.05, 3.63) is 102 Å². The van der Waals surface area contributed by atoms with Gasteiger partial charge in [0.15, 0.2) is 16.5 Å². The molecule has 35 heavy (non-hydrogen) atoms. The summed E-state index contributed by atoms with van der Waals surface area (Å²) in [5.41, 5.74) is 3.86. The normalized spacial score (nSPS) is 9.77. The van der Waals surface area contributed by atoms with Crippen LogP contribution < -0.4 is 16.0 Å². The molecule has 4 aromatic rings. The number of aromatic nitrogens is 3. The first-order chi connectivity index (χ1) is 17.2. The van der Waals surface area contributed by atoms with Crippen LogP contribution in [0.3, 0.4) is 0 Å². The van der Waals surface area contributed by atoms with Gasteiger partial charge in [-0.15, -0.1) is 10.2 Å². The first-order valence-electron chi connectivity index (χ1n) is 10.5. The molecule has 8 nitrogen and oxygen atoms in total. The molecule has 0 spiro atoms. The minimum Gasteiger partial charge on any atom is -0.352 e. The van der Waals surface area contributed by atoms with E-state index in [0.29, 0.717) is 33.6 Å². The van der Waals surface area contributed by atoms with Gasteiger partial charge in [-0.25, -0.2) is 0 Å². The van der Waals surface area contributed by atoms with E-state index in [0.717, 1.165) is 11.3 Å². The quantitative estimate of drug-likeness (QED) is 0.255. The van der Waals surface area contributed by atoms with Crippen molar-refractivity contribution in [2.45, 2.75) is 0 Å². The van der Waals surface area contributed by atoms with Crippen molar-refractivity contribution in [3.8, 4) is 23.4 Å². The van der Waals surface area contributed by atoms with Crippen LogP contribution in [0, 0.1) is 22.7 Å². The van der Waals surface area contributed by atoms with Crippen LogP contribution in [0.15, 0.2) is 96.8 Å². The van der Waals surface area contributed by atoms with Crippen LogP contribution in [-0.4, -0.2) is 20.3 Å². The van der Waals surface area contributed by atoms with Crippen molar-refractivity contribution in [2.75, 3.05) is 16.0 Å². The molecular formula is C26H18N8S. The zero-order valence-electron chi connectivity index (χ0n) is 18.3. The maximum absolute atomic E-state index is 9.46. The van der Waals surface area contributed by atoms with Gasteiger partial charge in [0, 0.05) is 23.5 Å². The Bertz CT molecular complexity index is 1420. The second-order valence-electron chi connectivity index (χ2n) is 7.13. The summed E-state index contributed by atoms with van der Waals surface area (Å²) in [4.78, 5) is 4.09. The van der Waals surface area contributed by atoms with Gasteiger partial charge in [0.1, 0.15) is 12.1 Å². The van der Waals surface area contributed by atoms with E-state index in [4.69, 9.17) is 12.2 Å². The number of benzene rings is 2. The third kappa shape index (κ3) is 5.82. The molecule has 0 bridgehead atoms. The Morgan fingerprint density at radius 2 is 1.46 bits per heavy atom. The zero-order chi connectivity index (χ0) is 24.5. The van der Waals surface area contributed by atoms with Crippen molar-refractivity contribution < 1.29 is 0 Å². The number of anilines is 3. The van der Waals surface area contributed by atoms with Gasteiger partial charge in [0.25, 0.3) is 0 Å². The van der Waals surface area contributed by atoms with Gasteiger partial charge in [-0.3, -0.25) is 4.98 Å². The molecule has 3 N–H and O–H groups in total. The number of hydrogen-bond acceptors (Lipinski definition) is 7. The molecule has 2 aromatic heterocycles. The lowest BCUT2D eigenvalue weighted by molar-refractivity contribution is 1.05. The largest absolute Gasteiger partial charge is 0.352 e. The molecule has 2 aromatic carbocycles. The minimum atomic E-state index is -0.0673. The summed E-state index contributed by atoms with van der Waals surface area (Å²) in [7, 11) is 0. The Balaban J connectivity index is 1.51. The monoisotopic (exact) mass is 474 g/mol. The lowest BCUT2D eigenvalue weighted by Gasteiger charge is -2.17. The number of nitrogens with one attached hydrogen (secondary N) is 3. The lowest BCUT2D eigenvalue weighted by Crippen LogP contribution is -2.20. The maximum atomic E-state index is 9.46. The molecule has 0 unspecified atom stereocenters. The zero-order valence-corrected chi connectivity index (χ0v) is 19.1. The Morgan fingerprint density at radius 1 is 0.743 bits per heavy atom. The van der Waals surface area contributed by atoms with Crippen LogP contribution in [0.4, 0.5) is 17.2 Å². The number of para-hydroxylation sites is 2. The molecule has 0 fully saturated rings. The number of rotatable bonds is 6. The first kappa shape index (κ1) is 23.1. The topological polar surface area (TPSA) is 122 Å². The molecule has 0 atom stereocenters. The highest BCUT2D eigenvalue weighted by molar-refractivity contribution is 7.80. The lowest BCUT2D eigenvalue weighted by atomic mass is 10.1. The highest BCUT2D eigenvalue weighted by Crippen LogP contribution is 2.27. The van der Waals surface area contributed by atoms with Crippen LogP contribution in [0.1, 0.15) is 5.56 Å². The van der Waals surface area contributed by atoms with E-state index in [1.807, 2.05) is 72.8 Å². The van der Waals surface area contributed by atoms with Crippen LogP contribution in [-0.2, 0) is 0 Å². The Hall–Kier alpha value is -5.12. The van der Waals surface area contributed by atoms with Gasteiger partial charge < -0.3 is 16.0 Å². The van der Waals surface area contributed by atoms with E-state index in [1.54, 1.807) is 30.6 Å². The molecule has 2 heterocycles. The predicted molar refractivity (Wildman–Crippen MR) is 140 cm³/mol. The van der Waals surface area contributed by atoms with Gasteiger partial charge in [-0.2, -0.15) is 10.5 Å². The number of hydrogen-bond donors (Lipinski definition) is 3. The summed E-state index contributed by atoms with van der Waals surface area (Å²) in [5, 5.41) is 37.0. The highest BCUT2D eigenvalue weighted by Gasteiger charge is 2.13. The van der Waals surface area contributed by atoms with Gasteiger partial charge in [0.05, 0.1) is 22.8 Å². The highest BCUT2D eigenvalue weighted by atomic mass is 32.1. The molecule has 0 saturated carbocycles. The second kappa shape index (κ2) is 11.1. The summed E-state index contributed by atoms with van der Waals surface area (Å²) >= 11 is 5.46. The fraction of sp³-hybridized carbons (Fsp3) is 0. The van der Waals surface area contributed by atoms with Crippen molar-refractivity contribution in [1.82, 2.24) is 15.2 Å². The summed E-state index contributed by atoms with van der Waals surface area (Å²) < 4.78 is 0. The van der Waals surface area contributed by atoms with Crippen molar-refractivity contribution >= 4 is 40.2 Å². The van der Waals surface area contributed by atoms with E-state index >= 15 is 0 Å². The van der Waals surface area contributed by atoms with E-state index < -0.39 is 0 Å². The van der Waals surface area contributed by atoms with Crippen molar-refractivity contribution in [3.63, 3.8) is 0 Å². The molecule has 0 radical (unpaired) electrons. The standard InChI is InChI=1S/C26H18N8S/c27-15-20(16-28)25(19-9-6-14-29-17-19)30-22-10-4-5-11-23(22)31-26(35)32-24-13-12-21(33-34-24)18-7-2-1-3-8-18/h1-14,17,30H,(H2,31,32,34,35). The second-order valence-corrected chi connectivity index (χ2v) is 7.54. The summed E-state index contributed by atoms with van der Waals surface area (Å²) in [5.74, 6) is 0.486. The summed E-state index contributed by atoms with van der Waals surface area (Å²) in [6.07, 6.45) is 3.20. The van der Waals surface area contributed by atoms with Gasteiger partial charge in [-0.05, 0) is 48.6 Å². The molecule has 168 valence electrons. The minimum absolute atomic E-state index is 0.0673. The van der Waals surface area contributed by atoms with Gasteiger partial charge in [0.2, 0.25) is 0 Å². The third-order valence-electron chi connectivity index (χ3n) is 4.83. The molecule has 4 rings (SSSR count). The number of nitrogens with zero attached hydrogens (tertiary/aromatic N) is 5. The average Bonchev–Trinajstić information content (AvgIpc) is 2.91. The number of pyridine rings is 1. The van der Waals surface area contributed by atoms with Gasteiger partial charge in [-0.1, -0.05) is 42.5 Å². The summed E-state index contributed by atoms with van der Waals surface area (Å²) in [6.45, 7) is 0. The summed E-state index contributed by atoms with van der Waals surface area (Å²) in [6, 6.07) is 28.1. The fourth-order valence-corrected chi connectivity index (χ4v) is 3.41. The van der Waals surface area contributed by atoms with Crippen LogP contribution in [0.5, 0.6) is 0 Å². The van der Waals surface area contributed by atoms with Crippen LogP contribution >= 0.6 is 12.2 Å². The predicted octanol–water partition coefficient (Wildman–Crippen LogP) is 5.22. The van der Waals surface area contributed by atoms with E-state index in [2.05, 4.69) is 31.1 Å². The molecule has 0 aliphatic rings. The van der Waals surface area contributed by atoms with E-state index in [1.165, 1.54) is 0 Å².